The molecule has 98 valence electrons. The van der Waals surface area contributed by atoms with Crippen molar-refractivity contribution in [1.29, 1.82) is 0 Å². The third-order valence-corrected chi connectivity index (χ3v) is 3.50. The number of hydrogen-bond donors (Lipinski definition) is 2. The third-order valence-electron chi connectivity index (χ3n) is 2.57. The summed E-state index contributed by atoms with van der Waals surface area (Å²) in [7, 11) is 0. The summed E-state index contributed by atoms with van der Waals surface area (Å²) in [6, 6.07) is 4.23. The van der Waals surface area contributed by atoms with Crippen LogP contribution in [0.15, 0.2) is 23.7 Å². The second-order valence-electron chi connectivity index (χ2n) is 4.06. The van der Waals surface area contributed by atoms with Crippen LogP contribution in [0.1, 0.15) is 17.0 Å². The number of rotatable bonds is 8. The van der Waals surface area contributed by atoms with E-state index < -0.39 is 0 Å². The predicted molar refractivity (Wildman–Crippen MR) is 71.5 cm³/mol. The summed E-state index contributed by atoms with van der Waals surface area (Å²) in [6.45, 7) is 2.60. The van der Waals surface area contributed by atoms with E-state index in [1.807, 2.05) is 6.20 Å². The van der Waals surface area contributed by atoms with Crippen LogP contribution in [-0.2, 0) is 19.5 Å². The number of nitrogens with zero attached hydrogens (tertiary/aromatic N) is 3. The van der Waals surface area contributed by atoms with E-state index >= 15 is 0 Å². The fraction of sp³-hybridized carbons (Fsp3) is 0.500. The first-order chi connectivity index (χ1) is 8.88. The molecule has 18 heavy (non-hydrogen) atoms. The van der Waals surface area contributed by atoms with Crippen LogP contribution in [0.3, 0.4) is 0 Å². The van der Waals surface area contributed by atoms with Gasteiger partial charge in [-0.3, -0.25) is 4.68 Å². The molecule has 2 aromatic heterocycles. The maximum absolute atomic E-state index is 8.73. The first-order valence-electron chi connectivity index (χ1n) is 6.11. The summed E-state index contributed by atoms with van der Waals surface area (Å²) in [6.07, 6.45) is 3.69. The summed E-state index contributed by atoms with van der Waals surface area (Å²) in [5.41, 5.74) is 0.944. The average Bonchev–Trinajstić information content (AvgIpc) is 3.04. The van der Waals surface area contributed by atoms with Crippen LogP contribution in [0.5, 0.6) is 0 Å². The summed E-state index contributed by atoms with van der Waals surface area (Å²) in [5.74, 6) is 0. The van der Waals surface area contributed by atoms with Gasteiger partial charge < -0.3 is 10.4 Å². The standard InChI is InChI=1S/C12H18N4OS/c17-7-2-6-16-10-11(14-15-16)9-13-5-4-12-3-1-8-18-12/h1,3,8,10,13,17H,2,4-7,9H2. The largest absolute Gasteiger partial charge is 0.396 e. The predicted octanol–water partition coefficient (Wildman–Crippen LogP) is 1.05. The maximum Gasteiger partial charge on any atom is 0.0964 e. The van der Waals surface area contributed by atoms with E-state index in [0.29, 0.717) is 6.42 Å². The number of aryl methyl sites for hydroxylation is 1. The molecule has 0 amide bonds. The van der Waals surface area contributed by atoms with Crippen molar-refractivity contribution in [1.82, 2.24) is 20.3 Å². The van der Waals surface area contributed by atoms with Crippen molar-refractivity contribution >= 4 is 11.3 Å². The molecule has 0 aliphatic rings. The van der Waals surface area contributed by atoms with E-state index in [1.165, 1.54) is 4.88 Å². The van der Waals surface area contributed by atoms with Gasteiger partial charge in [-0.1, -0.05) is 11.3 Å². The summed E-state index contributed by atoms with van der Waals surface area (Å²) < 4.78 is 1.77. The first kappa shape index (κ1) is 13.2. The smallest absolute Gasteiger partial charge is 0.0964 e. The van der Waals surface area contributed by atoms with Crippen molar-refractivity contribution in [2.75, 3.05) is 13.2 Å². The molecule has 0 bridgehead atoms. The lowest BCUT2D eigenvalue weighted by Gasteiger charge is -2.00. The monoisotopic (exact) mass is 266 g/mol. The molecule has 0 fully saturated rings. The molecule has 6 heteroatoms. The minimum atomic E-state index is 0.189. The number of aliphatic hydroxyl groups is 1. The van der Waals surface area contributed by atoms with E-state index in [9.17, 15) is 0 Å². The van der Waals surface area contributed by atoms with E-state index in [4.69, 9.17) is 5.11 Å². The third kappa shape index (κ3) is 4.21. The van der Waals surface area contributed by atoms with Gasteiger partial charge in [0.25, 0.3) is 0 Å². The molecule has 0 radical (unpaired) electrons. The van der Waals surface area contributed by atoms with E-state index in [1.54, 1.807) is 16.0 Å². The lowest BCUT2D eigenvalue weighted by Crippen LogP contribution is -2.16. The van der Waals surface area contributed by atoms with Gasteiger partial charge in [-0.05, 0) is 24.3 Å². The van der Waals surface area contributed by atoms with Gasteiger partial charge in [0, 0.05) is 37.3 Å². The fourth-order valence-corrected chi connectivity index (χ4v) is 2.35. The van der Waals surface area contributed by atoms with Crippen LogP contribution in [0.2, 0.25) is 0 Å². The molecule has 0 atom stereocenters. The fourth-order valence-electron chi connectivity index (χ4n) is 1.64. The molecule has 0 spiro atoms. The maximum atomic E-state index is 8.73. The van der Waals surface area contributed by atoms with Gasteiger partial charge in [0.2, 0.25) is 0 Å². The van der Waals surface area contributed by atoms with Crippen LogP contribution in [0.4, 0.5) is 0 Å². The molecule has 0 saturated heterocycles. The minimum Gasteiger partial charge on any atom is -0.396 e. The highest BCUT2D eigenvalue weighted by atomic mass is 32.1. The average molecular weight is 266 g/mol. The molecular weight excluding hydrogens is 248 g/mol. The van der Waals surface area contributed by atoms with Gasteiger partial charge >= 0.3 is 0 Å². The van der Waals surface area contributed by atoms with Crippen molar-refractivity contribution in [2.24, 2.45) is 0 Å². The SMILES string of the molecule is OCCCn1cc(CNCCc2cccs2)nn1. The van der Waals surface area contributed by atoms with Crippen molar-refractivity contribution in [3.8, 4) is 0 Å². The van der Waals surface area contributed by atoms with Crippen LogP contribution >= 0.6 is 11.3 Å². The van der Waals surface area contributed by atoms with E-state index in [0.717, 1.165) is 31.7 Å². The molecule has 0 unspecified atom stereocenters. The molecular formula is C12H18N4OS. The molecule has 0 aliphatic carbocycles. The van der Waals surface area contributed by atoms with Crippen molar-refractivity contribution < 1.29 is 5.11 Å². The highest BCUT2D eigenvalue weighted by Crippen LogP contribution is 2.08. The van der Waals surface area contributed by atoms with Crippen LogP contribution in [0, 0.1) is 0 Å². The van der Waals surface area contributed by atoms with E-state index in [2.05, 4.69) is 33.1 Å². The Balaban J connectivity index is 1.65. The second-order valence-corrected chi connectivity index (χ2v) is 5.09. The molecule has 2 N–H and O–H groups in total. The van der Waals surface area contributed by atoms with Crippen LogP contribution in [-0.4, -0.2) is 33.3 Å². The molecule has 2 heterocycles. The Bertz CT molecular complexity index is 441. The highest BCUT2D eigenvalue weighted by Gasteiger charge is 2.00. The molecule has 5 nitrogen and oxygen atoms in total. The number of aliphatic hydroxyl groups excluding tert-OH is 1. The first-order valence-corrected chi connectivity index (χ1v) is 6.99. The Morgan fingerprint density at radius 2 is 2.39 bits per heavy atom. The van der Waals surface area contributed by atoms with E-state index in [-0.39, 0.29) is 6.61 Å². The van der Waals surface area contributed by atoms with Gasteiger partial charge in [-0.2, -0.15) is 0 Å². The zero-order chi connectivity index (χ0) is 12.6. The van der Waals surface area contributed by atoms with Crippen molar-refractivity contribution in [3.63, 3.8) is 0 Å². The molecule has 0 aliphatic heterocycles. The van der Waals surface area contributed by atoms with Crippen LogP contribution in [0.25, 0.3) is 0 Å². The van der Waals surface area contributed by atoms with Gasteiger partial charge in [0.1, 0.15) is 0 Å². The Kier molecular flexibility index (Phi) is 5.32. The van der Waals surface area contributed by atoms with Crippen molar-refractivity contribution in [3.05, 3.63) is 34.3 Å². The van der Waals surface area contributed by atoms with Gasteiger partial charge in [-0.15, -0.1) is 16.4 Å². The Morgan fingerprint density at radius 3 is 3.17 bits per heavy atom. The lowest BCUT2D eigenvalue weighted by atomic mass is 10.3. The number of hydrogen-bond acceptors (Lipinski definition) is 5. The quantitative estimate of drug-likeness (QED) is 0.701. The summed E-state index contributed by atoms with van der Waals surface area (Å²) in [5, 5.41) is 22.3. The lowest BCUT2D eigenvalue weighted by molar-refractivity contribution is 0.276. The highest BCUT2D eigenvalue weighted by molar-refractivity contribution is 7.09. The van der Waals surface area contributed by atoms with Gasteiger partial charge in [-0.25, -0.2) is 0 Å². The topological polar surface area (TPSA) is 63.0 Å². The Labute approximate surface area is 110 Å². The van der Waals surface area contributed by atoms with Gasteiger partial charge in [0.05, 0.1) is 5.69 Å². The minimum absolute atomic E-state index is 0.189. The number of aromatic nitrogens is 3. The second kappa shape index (κ2) is 7.25. The molecule has 2 aromatic rings. The normalized spacial score (nSPS) is 10.9. The molecule has 2 rings (SSSR count). The van der Waals surface area contributed by atoms with Gasteiger partial charge in [0.15, 0.2) is 0 Å². The molecule has 0 aromatic carbocycles. The Morgan fingerprint density at radius 1 is 1.44 bits per heavy atom. The zero-order valence-electron chi connectivity index (χ0n) is 10.2. The number of thiophene rings is 1. The zero-order valence-corrected chi connectivity index (χ0v) is 11.1. The molecule has 0 saturated carbocycles. The summed E-state index contributed by atoms with van der Waals surface area (Å²) >= 11 is 1.79. The van der Waals surface area contributed by atoms with Crippen LogP contribution < -0.4 is 5.32 Å². The Hall–Kier alpha value is -1.24. The van der Waals surface area contributed by atoms with Crippen molar-refractivity contribution in [2.45, 2.75) is 25.9 Å². The summed E-state index contributed by atoms with van der Waals surface area (Å²) in [4.78, 5) is 1.40. The number of nitrogens with one attached hydrogen (secondary N) is 1.